The molecule has 0 bridgehead atoms. The van der Waals surface area contributed by atoms with Crippen LogP contribution in [-0.4, -0.2) is 11.7 Å². The van der Waals surface area contributed by atoms with E-state index in [9.17, 15) is 4.79 Å². The van der Waals surface area contributed by atoms with Crippen LogP contribution in [0, 0.1) is 20.8 Å². The Hall–Kier alpha value is -1.74. The molecule has 0 fully saturated rings. The first-order chi connectivity index (χ1) is 11.5. The fraction of sp³-hybridized carbons (Fsp3) is 0.381. The molecule has 24 heavy (non-hydrogen) atoms. The van der Waals surface area contributed by atoms with Crippen molar-refractivity contribution in [3.8, 4) is 0 Å². The Labute approximate surface area is 150 Å². The Kier molecular flexibility index (Phi) is 6.92. The maximum atomic E-state index is 12.2. The van der Waals surface area contributed by atoms with Crippen molar-refractivity contribution < 1.29 is 4.79 Å². The summed E-state index contributed by atoms with van der Waals surface area (Å²) in [5.41, 5.74) is 6.28. The van der Waals surface area contributed by atoms with Crippen molar-refractivity contribution in [3.05, 3.63) is 70.3 Å². The van der Waals surface area contributed by atoms with Crippen molar-refractivity contribution in [2.24, 2.45) is 0 Å². The van der Waals surface area contributed by atoms with E-state index in [1.807, 2.05) is 0 Å². The lowest BCUT2D eigenvalue weighted by molar-refractivity contribution is -0.119. The molecular weight excluding hydrogens is 314 g/mol. The summed E-state index contributed by atoms with van der Waals surface area (Å²) in [6, 6.07) is 15.0. The summed E-state index contributed by atoms with van der Waals surface area (Å²) in [5, 5.41) is 3.17. The van der Waals surface area contributed by atoms with E-state index in [0.29, 0.717) is 5.75 Å². The molecule has 2 rings (SSSR count). The third-order valence-electron chi connectivity index (χ3n) is 4.30. The van der Waals surface area contributed by atoms with Gasteiger partial charge < -0.3 is 5.32 Å². The minimum Gasteiger partial charge on any atom is -0.349 e. The zero-order valence-corrected chi connectivity index (χ0v) is 15.9. The number of thioether (sulfide) groups is 1. The molecule has 1 N–H and O–H groups in total. The summed E-state index contributed by atoms with van der Waals surface area (Å²) < 4.78 is 0. The molecule has 0 aromatic heterocycles. The number of benzene rings is 2. The molecule has 2 nitrogen and oxygen atoms in total. The quantitative estimate of drug-likeness (QED) is 0.758. The van der Waals surface area contributed by atoms with E-state index in [-0.39, 0.29) is 11.9 Å². The average molecular weight is 342 g/mol. The lowest BCUT2D eigenvalue weighted by atomic mass is 9.99. The monoisotopic (exact) mass is 341 g/mol. The van der Waals surface area contributed by atoms with Crippen LogP contribution in [0.1, 0.15) is 47.2 Å². The molecule has 2 aromatic rings. The number of amides is 1. The summed E-state index contributed by atoms with van der Waals surface area (Å²) in [6.45, 7) is 8.42. The van der Waals surface area contributed by atoms with Crippen LogP contribution in [0.25, 0.3) is 0 Å². The Morgan fingerprint density at radius 1 is 1.04 bits per heavy atom. The van der Waals surface area contributed by atoms with Crippen LogP contribution in [0.3, 0.4) is 0 Å². The highest BCUT2D eigenvalue weighted by atomic mass is 32.2. The Morgan fingerprint density at radius 2 is 1.75 bits per heavy atom. The predicted molar refractivity (Wildman–Crippen MR) is 104 cm³/mol. The Morgan fingerprint density at radius 3 is 2.38 bits per heavy atom. The van der Waals surface area contributed by atoms with Crippen molar-refractivity contribution in [1.82, 2.24) is 5.32 Å². The van der Waals surface area contributed by atoms with Gasteiger partial charge in [0.25, 0.3) is 0 Å². The van der Waals surface area contributed by atoms with E-state index >= 15 is 0 Å². The fourth-order valence-corrected chi connectivity index (χ4v) is 3.38. The topological polar surface area (TPSA) is 29.1 Å². The number of carbonyl (C=O) groups excluding carboxylic acids is 1. The van der Waals surface area contributed by atoms with Crippen LogP contribution in [0.15, 0.2) is 42.5 Å². The summed E-state index contributed by atoms with van der Waals surface area (Å²) in [7, 11) is 0. The first-order valence-electron chi connectivity index (χ1n) is 8.49. The van der Waals surface area contributed by atoms with Crippen LogP contribution < -0.4 is 5.32 Å². The van der Waals surface area contributed by atoms with Gasteiger partial charge in [0.05, 0.1) is 11.8 Å². The largest absolute Gasteiger partial charge is 0.349 e. The smallest absolute Gasteiger partial charge is 0.230 e. The molecule has 0 aliphatic rings. The number of hydrogen-bond acceptors (Lipinski definition) is 2. The second-order valence-corrected chi connectivity index (χ2v) is 7.34. The van der Waals surface area contributed by atoms with E-state index in [2.05, 4.69) is 75.5 Å². The van der Waals surface area contributed by atoms with Crippen molar-refractivity contribution in [2.75, 3.05) is 5.75 Å². The van der Waals surface area contributed by atoms with E-state index in [0.717, 1.165) is 12.2 Å². The van der Waals surface area contributed by atoms with Gasteiger partial charge in [-0.2, -0.15) is 0 Å². The molecule has 0 spiro atoms. The highest BCUT2D eigenvalue weighted by Gasteiger charge is 2.13. The zero-order chi connectivity index (χ0) is 17.5. The third kappa shape index (κ3) is 5.41. The minimum absolute atomic E-state index is 0.0942. The van der Waals surface area contributed by atoms with Gasteiger partial charge in [-0.25, -0.2) is 0 Å². The first kappa shape index (κ1) is 18.6. The molecule has 128 valence electrons. The molecule has 2 aromatic carbocycles. The van der Waals surface area contributed by atoms with E-state index < -0.39 is 0 Å². The maximum absolute atomic E-state index is 12.2. The van der Waals surface area contributed by atoms with Gasteiger partial charge in [-0.3, -0.25) is 4.79 Å². The van der Waals surface area contributed by atoms with Gasteiger partial charge in [0.2, 0.25) is 5.91 Å². The highest BCUT2D eigenvalue weighted by molar-refractivity contribution is 7.99. The van der Waals surface area contributed by atoms with Crippen LogP contribution >= 0.6 is 11.8 Å². The van der Waals surface area contributed by atoms with Gasteiger partial charge in [-0.1, -0.05) is 55.0 Å². The van der Waals surface area contributed by atoms with Crippen molar-refractivity contribution in [1.29, 1.82) is 0 Å². The number of carbonyl (C=O) groups is 1. The average Bonchev–Trinajstić information content (AvgIpc) is 2.57. The van der Waals surface area contributed by atoms with Gasteiger partial charge in [0.1, 0.15) is 0 Å². The molecule has 0 radical (unpaired) electrons. The first-order valence-corrected chi connectivity index (χ1v) is 9.65. The van der Waals surface area contributed by atoms with Gasteiger partial charge >= 0.3 is 0 Å². The van der Waals surface area contributed by atoms with Crippen molar-refractivity contribution in [3.63, 3.8) is 0 Å². The van der Waals surface area contributed by atoms with E-state index in [4.69, 9.17) is 0 Å². The second-order valence-electron chi connectivity index (χ2n) is 6.35. The highest BCUT2D eigenvalue weighted by Crippen LogP contribution is 2.20. The standard InChI is InChI=1S/C21H27NOS/c1-5-20(19-11-8-16(3)17(4)12-19)22-21(23)14-24-13-18-9-6-15(2)7-10-18/h6-12,20H,5,13-14H2,1-4H3,(H,22,23)/t20-/m1/s1. The van der Waals surface area contributed by atoms with E-state index in [1.165, 1.54) is 27.8 Å². The Balaban J connectivity index is 1.85. The van der Waals surface area contributed by atoms with Crippen LogP contribution in [-0.2, 0) is 10.5 Å². The van der Waals surface area contributed by atoms with Gasteiger partial charge in [0.15, 0.2) is 0 Å². The predicted octanol–water partition coefficient (Wildman–Crippen LogP) is 5.11. The van der Waals surface area contributed by atoms with Crippen LogP contribution in [0.2, 0.25) is 0 Å². The molecule has 0 saturated carbocycles. The molecule has 0 heterocycles. The second kappa shape index (κ2) is 8.93. The molecule has 0 unspecified atom stereocenters. The summed E-state index contributed by atoms with van der Waals surface area (Å²) in [4.78, 5) is 12.2. The summed E-state index contributed by atoms with van der Waals surface area (Å²) in [6.07, 6.45) is 0.900. The van der Waals surface area contributed by atoms with Crippen molar-refractivity contribution >= 4 is 17.7 Å². The normalized spacial score (nSPS) is 12.0. The Bertz CT molecular complexity index is 679. The SMILES string of the molecule is CC[C@@H](NC(=O)CSCc1ccc(C)cc1)c1ccc(C)c(C)c1. The molecule has 0 aliphatic carbocycles. The van der Waals surface area contributed by atoms with Gasteiger partial charge in [-0.15, -0.1) is 11.8 Å². The minimum atomic E-state index is 0.0942. The summed E-state index contributed by atoms with van der Waals surface area (Å²) >= 11 is 1.66. The molecular formula is C21H27NOS. The molecule has 1 amide bonds. The fourth-order valence-electron chi connectivity index (χ4n) is 2.58. The lowest BCUT2D eigenvalue weighted by Crippen LogP contribution is -2.29. The van der Waals surface area contributed by atoms with Gasteiger partial charge in [-0.05, 0) is 49.4 Å². The van der Waals surface area contributed by atoms with Crippen LogP contribution in [0.4, 0.5) is 0 Å². The maximum Gasteiger partial charge on any atom is 0.230 e. The number of hydrogen-bond donors (Lipinski definition) is 1. The molecule has 0 aliphatic heterocycles. The molecule has 0 saturated heterocycles. The number of rotatable bonds is 7. The van der Waals surface area contributed by atoms with Crippen LogP contribution in [0.5, 0.6) is 0 Å². The molecule has 3 heteroatoms. The summed E-state index contributed by atoms with van der Waals surface area (Å²) in [5.74, 6) is 1.47. The van der Waals surface area contributed by atoms with E-state index in [1.54, 1.807) is 11.8 Å². The molecule has 1 atom stereocenters. The number of nitrogens with one attached hydrogen (secondary N) is 1. The van der Waals surface area contributed by atoms with Crippen molar-refractivity contribution in [2.45, 2.75) is 45.9 Å². The lowest BCUT2D eigenvalue weighted by Gasteiger charge is -2.18. The third-order valence-corrected chi connectivity index (χ3v) is 5.30. The van der Waals surface area contributed by atoms with Gasteiger partial charge in [0, 0.05) is 5.75 Å². The zero-order valence-electron chi connectivity index (χ0n) is 15.1. The number of aryl methyl sites for hydroxylation is 3.